The van der Waals surface area contributed by atoms with Crippen LogP contribution in [0.4, 0.5) is 10.2 Å². The van der Waals surface area contributed by atoms with E-state index in [4.69, 9.17) is 19.7 Å². The highest BCUT2D eigenvalue weighted by molar-refractivity contribution is 6.02. The van der Waals surface area contributed by atoms with E-state index in [2.05, 4.69) is 24.6 Å². The number of rotatable bonds is 7. The number of aromatic hydroxyl groups is 1. The molecule has 4 heterocycles. The lowest BCUT2D eigenvalue weighted by molar-refractivity contribution is -0.131. The molecule has 1 N–H and O–H groups in total. The van der Waals surface area contributed by atoms with Gasteiger partial charge in [0, 0.05) is 36.9 Å². The minimum Gasteiger partial charge on any atom is -0.508 e. The summed E-state index contributed by atoms with van der Waals surface area (Å²) in [6.45, 7) is 9.35. The summed E-state index contributed by atoms with van der Waals surface area (Å²) in [6, 6.07) is 13.5. The maximum absolute atomic E-state index is 13.8. The molecule has 2 aromatic carbocycles. The van der Waals surface area contributed by atoms with Crippen LogP contribution in [0.1, 0.15) is 30.5 Å². The molecule has 2 fully saturated rings. The number of nitrogens with zero attached hydrogens (tertiary/aromatic N) is 7. The zero-order chi connectivity index (χ0) is 31.8. The van der Waals surface area contributed by atoms with E-state index in [1.807, 2.05) is 43.0 Å². The van der Waals surface area contributed by atoms with E-state index in [9.17, 15) is 19.6 Å². The van der Waals surface area contributed by atoms with E-state index in [1.165, 1.54) is 4.90 Å². The summed E-state index contributed by atoms with van der Waals surface area (Å²) in [5.41, 5.74) is 4.57. The lowest BCUT2D eigenvalue weighted by Crippen LogP contribution is -2.55. The number of aromatic nitrogens is 3. The van der Waals surface area contributed by atoms with Crippen LogP contribution in [0, 0.1) is 25.2 Å². The zero-order valence-corrected chi connectivity index (χ0v) is 25.8. The molecule has 45 heavy (non-hydrogen) atoms. The topological polar surface area (TPSA) is 119 Å². The average Bonchev–Trinajstić information content (AvgIpc) is 3.43. The summed E-state index contributed by atoms with van der Waals surface area (Å²) < 4.78 is 20.0. The van der Waals surface area contributed by atoms with E-state index < -0.39 is 17.8 Å². The Kier molecular flexibility index (Phi) is 8.25. The maximum Gasteiger partial charge on any atom is 0.319 e. The molecule has 0 bridgehead atoms. The lowest BCUT2D eigenvalue weighted by atomic mass is 9.93. The van der Waals surface area contributed by atoms with Crippen LogP contribution in [0.3, 0.4) is 0 Å². The average molecular weight is 610 g/mol. The van der Waals surface area contributed by atoms with Crippen molar-refractivity contribution < 1.29 is 19.0 Å². The molecule has 2 saturated heterocycles. The highest BCUT2D eigenvalue weighted by atomic mass is 19.1. The number of phenols is 1. The minimum atomic E-state index is -1.05. The Labute approximate surface area is 261 Å². The number of hydrogen-bond acceptors (Lipinski definition) is 9. The molecule has 232 valence electrons. The minimum absolute atomic E-state index is 0.0242. The van der Waals surface area contributed by atoms with Gasteiger partial charge in [-0.1, -0.05) is 24.8 Å². The van der Waals surface area contributed by atoms with Crippen LogP contribution in [0.5, 0.6) is 11.8 Å². The number of amides is 1. The summed E-state index contributed by atoms with van der Waals surface area (Å²) in [4.78, 5) is 32.8. The van der Waals surface area contributed by atoms with Crippen LogP contribution in [-0.4, -0.2) is 87.7 Å². The number of benzene rings is 2. The first-order valence-corrected chi connectivity index (χ1v) is 15.2. The van der Waals surface area contributed by atoms with Crippen LogP contribution in [0.25, 0.3) is 32.9 Å². The third-order valence-electron chi connectivity index (χ3n) is 8.96. The van der Waals surface area contributed by atoms with Crippen molar-refractivity contribution in [3.8, 4) is 29.0 Å². The van der Waals surface area contributed by atoms with E-state index in [-0.39, 0.29) is 37.3 Å². The normalized spacial score (nSPS) is 18.8. The second-order valence-corrected chi connectivity index (χ2v) is 11.9. The first-order chi connectivity index (χ1) is 21.6. The van der Waals surface area contributed by atoms with Gasteiger partial charge in [-0.3, -0.25) is 4.79 Å². The standard InChI is InChI=1S/C34H36FN7O3/c1-20-7-5-8-23-15-26(43)16-28(30(20)23)27-17-29-31(37-22(27)3)32(39-34(38-29)45-19-25-9-6-12-40(25)4)41-13-14-42(33(44)21(2)35)24(18-41)10-11-36/h5,7-8,15-17,24-25,43H,2,6,9-10,12-14,18-19H2,1,3-4H3/t24?,25-/m0/s1. The molecule has 1 amide bonds. The van der Waals surface area contributed by atoms with Gasteiger partial charge in [0.15, 0.2) is 11.6 Å². The first kappa shape index (κ1) is 30.2. The smallest absolute Gasteiger partial charge is 0.319 e. The van der Waals surface area contributed by atoms with Crippen molar-refractivity contribution in [2.45, 2.75) is 45.2 Å². The van der Waals surface area contributed by atoms with Gasteiger partial charge in [0.25, 0.3) is 5.91 Å². The number of aryl methyl sites for hydroxylation is 2. The number of halogens is 1. The fourth-order valence-corrected chi connectivity index (χ4v) is 6.60. The molecule has 1 unspecified atom stereocenters. The number of nitriles is 1. The molecule has 2 aromatic heterocycles. The van der Waals surface area contributed by atoms with Crippen LogP contribution in [0.15, 0.2) is 48.8 Å². The third kappa shape index (κ3) is 5.85. The molecule has 2 aliphatic heterocycles. The molecule has 2 aliphatic rings. The Bertz CT molecular complexity index is 1860. The number of likely N-dealkylation sites (N-methyl/N-ethyl adjacent to an activating group) is 1. The lowest BCUT2D eigenvalue weighted by Gasteiger charge is -2.41. The number of phenolic OH excluding ortho intramolecular Hbond substituents is 1. The third-order valence-corrected chi connectivity index (χ3v) is 8.96. The number of piperazine rings is 1. The van der Waals surface area contributed by atoms with Gasteiger partial charge in [-0.2, -0.15) is 15.2 Å². The van der Waals surface area contributed by atoms with Gasteiger partial charge in [-0.25, -0.2) is 9.37 Å². The molecule has 0 saturated carbocycles. The van der Waals surface area contributed by atoms with Gasteiger partial charge in [0.2, 0.25) is 0 Å². The van der Waals surface area contributed by atoms with Gasteiger partial charge < -0.3 is 24.5 Å². The van der Waals surface area contributed by atoms with Crippen LogP contribution < -0.4 is 9.64 Å². The molecular weight excluding hydrogens is 573 g/mol. The van der Waals surface area contributed by atoms with E-state index in [0.717, 1.165) is 52.5 Å². The monoisotopic (exact) mass is 609 g/mol. The van der Waals surface area contributed by atoms with Gasteiger partial charge in [0.05, 0.1) is 24.0 Å². The van der Waals surface area contributed by atoms with Crippen molar-refractivity contribution in [3.63, 3.8) is 0 Å². The number of likely N-dealkylation sites (tertiary alicyclic amines) is 1. The summed E-state index contributed by atoms with van der Waals surface area (Å²) >= 11 is 0. The summed E-state index contributed by atoms with van der Waals surface area (Å²) in [5, 5.41) is 22.1. The molecule has 2 atom stereocenters. The maximum atomic E-state index is 13.8. The summed E-state index contributed by atoms with van der Waals surface area (Å²) in [6.07, 6.45) is 2.15. The predicted molar refractivity (Wildman–Crippen MR) is 171 cm³/mol. The molecule has 11 heteroatoms. The van der Waals surface area contributed by atoms with Crippen molar-refractivity contribution in [2.75, 3.05) is 44.7 Å². The Morgan fingerprint density at radius 1 is 1.13 bits per heavy atom. The van der Waals surface area contributed by atoms with Crippen molar-refractivity contribution in [3.05, 3.63) is 60.1 Å². The SMILES string of the molecule is C=C(F)C(=O)N1CCN(c2nc(OC[C@@H]3CCCN3C)nc3cc(-c4cc(O)cc5cccc(C)c45)c(C)nc23)CC1CC#N. The van der Waals surface area contributed by atoms with Crippen LogP contribution in [-0.2, 0) is 4.79 Å². The van der Waals surface area contributed by atoms with Crippen molar-refractivity contribution in [2.24, 2.45) is 0 Å². The highest BCUT2D eigenvalue weighted by Crippen LogP contribution is 2.38. The molecule has 0 radical (unpaired) electrons. The summed E-state index contributed by atoms with van der Waals surface area (Å²) in [5.74, 6) is -1.18. The largest absolute Gasteiger partial charge is 0.508 e. The molecular formula is C34H36FN7O3. The molecule has 10 nitrogen and oxygen atoms in total. The van der Waals surface area contributed by atoms with Gasteiger partial charge in [-0.05, 0) is 80.4 Å². The Morgan fingerprint density at radius 3 is 2.69 bits per heavy atom. The van der Waals surface area contributed by atoms with Gasteiger partial charge >= 0.3 is 6.01 Å². The molecule has 0 aliphatic carbocycles. The quantitative estimate of drug-likeness (QED) is 0.287. The number of anilines is 1. The first-order valence-electron chi connectivity index (χ1n) is 15.2. The fourth-order valence-electron chi connectivity index (χ4n) is 6.60. The predicted octanol–water partition coefficient (Wildman–Crippen LogP) is 5.05. The van der Waals surface area contributed by atoms with Gasteiger partial charge in [-0.15, -0.1) is 0 Å². The Morgan fingerprint density at radius 2 is 1.96 bits per heavy atom. The number of fused-ring (bicyclic) bond motifs is 2. The molecule has 6 rings (SSSR count). The van der Waals surface area contributed by atoms with E-state index >= 15 is 0 Å². The fraction of sp³-hybridized carbons (Fsp3) is 0.382. The van der Waals surface area contributed by atoms with Crippen LogP contribution >= 0.6 is 0 Å². The van der Waals surface area contributed by atoms with Gasteiger partial charge in [0.1, 0.15) is 17.9 Å². The van der Waals surface area contributed by atoms with E-state index in [0.29, 0.717) is 30.0 Å². The second kappa shape index (κ2) is 12.3. The number of ether oxygens (including phenoxy) is 1. The summed E-state index contributed by atoms with van der Waals surface area (Å²) in [7, 11) is 2.08. The van der Waals surface area contributed by atoms with Crippen molar-refractivity contribution in [1.82, 2.24) is 24.8 Å². The number of pyridine rings is 1. The zero-order valence-electron chi connectivity index (χ0n) is 25.8. The molecule has 0 spiro atoms. The second-order valence-electron chi connectivity index (χ2n) is 11.9. The number of hydrogen-bond donors (Lipinski definition) is 1. The van der Waals surface area contributed by atoms with Crippen LogP contribution in [0.2, 0.25) is 0 Å². The van der Waals surface area contributed by atoms with Crippen molar-refractivity contribution >= 4 is 33.5 Å². The Balaban J connectivity index is 1.46. The Hall–Kier alpha value is -4.82. The number of carbonyl (C=O) groups excluding carboxylic acids is 1. The molecule has 4 aromatic rings. The van der Waals surface area contributed by atoms with E-state index in [1.54, 1.807) is 12.1 Å². The highest BCUT2D eigenvalue weighted by Gasteiger charge is 2.34. The number of carbonyl (C=O) groups is 1. The van der Waals surface area contributed by atoms with Crippen molar-refractivity contribution in [1.29, 1.82) is 5.26 Å².